The van der Waals surface area contributed by atoms with Crippen LogP contribution in [0.25, 0.3) is 11.3 Å². The molecule has 0 atom stereocenters. The van der Waals surface area contributed by atoms with Crippen LogP contribution in [0.2, 0.25) is 0 Å². The lowest BCUT2D eigenvalue weighted by molar-refractivity contribution is 0.176. The Bertz CT molecular complexity index is 1200. The summed E-state index contributed by atoms with van der Waals surface area (Å²) >= 11 is 0. The monoisotopic (exact) mass is 431 g/mol. The number of ether oxygens (including phenoxy) is 3. The first-order valence-electron chi connectivity index (χ1n) is 9.58. The van der Waals surface area contributed by atoms with Crippen LogP contribution in [0.1, 0.15) is 11.1 Å². The molecule has 0 bridgehead atoms. The molecule has 0 spiro atoms. The fraction of sp³-hybridized carbons (Fsp3) is 0.130. The molecule has 3 rings (SSSR count). The fourth-order valence-electron chi connectivity index (χ4n) is 2.77. The van der Waals surface area contributed by atoms with E-state index in [4.69, 9.17) is 14.2 Å². The highest BCUT2D eigenvalue weighted by Crippen LogP contribution is 2.27. The third kappa shape index (κ3) is 5.52. The van der Waals surface area contributed by atoms with Crippen molar-refractivity contribution in [2.75, 3.05) is 25.7 Å². The lowest BCUT2D eigenvalue weighted by Crippen LogP contribution is -2.16. The van der Waals surface area contributed by atoms with E-state index in [-0.39, 0.29) is 17.2 Å². The maximum absolute atomic E-state index is 12.3. The van der Waals surface area contributed by atoms with E-state index in [0.717, 1.165) is 5.56 Å². The summed E-state index contributed by atoms with van der Waals surface area (Å²) in [4.78, 5) is 19.1. The number of nitrogens with one attached hydrogen (secondary N) is 2. The van der Waals surface area contributed by atoms with Crippen molar-refractivity contribution >= 4 is 12.2 Å². The molecule has 2 N–H and O–H groups in total. The van der Waals surface area contributed by atoms with Crippen molar-refractivity contribution in [3.63, 3.8) is 0 Å². The van der Waals surface area contributed by atoms with Crippen molar-refractivity contribution < 1.29 is 14.2 Å². The van der Waals surface area contributed by atoms with Crippen LogP contribution in [0.5, 0.6) is 11.5 Å². The van der Waals surface area contributed by atoms with Crippen LogP contribution < -0.4 is 20.5 Å². The highest BCUT2D eigenvalue weighted by Gasteiger charge is 2.13. The van der Waals surface area contributed by atoms with E-state index in [2.05, 4.69) is 27.1 Å². The zero-order valence-corrected chi connectivity index (χ0v) is 17.4. The number of hydrogen-bond donors (Lipinski definition) is 2. The zero-order valence-electron chi connectivity index (χ0n) is 17.4. The minimum absolute atomic E-state index is 0.0652. The van der Waals surface area contributed by atoms with Gasteiger partial charge in [0.2, 0.25) is 5.95 Å². The van der Waals surface area contributed by atoms with Gasteiger partial charge in [-0.15, -0.1) is 0 Å². The second kappa shape index (κ2) is 11.0. The number of nitriles is 1. The maximum atomic E-state index is 12.3. The second-order valence-corrected chi connectivity index (χ2v) is 6.28. The molecule has 0 amide bonds. The van der Waals surface area contributed by atoms with Gasteiger partial charge in [0.05, 0.1) is 25.3 Å². The number of aromatic nitrogens is 2. The largest absolute Gasteiger partial charge is 0.498 e. The van der Waals surface area contributed by atoms with Gasteiger partial charge in [-0.05, 0) is 23.8 Å². The zero-order chi connectivity index (χ0) is 22.8. The summed E-state index contributed by atoms with van der Waals surface area (Å²) in [5, 5.41) is 13.5. The number of methoxy groups -OCH3 is 1. The Morgan fingerprint density at radius 2 is 2.03 bits per heavy atom. The van der Waals surface area contributed by atoms with E-state index in [1.54, 1.807) is 42.5 Å². The molecule has 0 unspecified atom stereocenters. The van der Waals surface area contributed by atoms with E-state index in [1.807, 2.05) is 12.1 Å². The smallest absolute Gasteiger partial charge is 0.270 e. The van der Waals surface area contributed by atoms with Crippen molar-refractivity contribution in [1.29, 1.82) is 5.26 Å². The van der Waals surface area contributed by atoms with Crippen molar-refractivity contribution in [2.24, 2.45) is 5.10 Å². The summed E-state index contributed by atoms with van der Waals surface area (Å²) < 4.78 is 16.0. The third-order valence-corrected chi connectivity index (χ3v) is 4.23. The molecule has 0 saturated carbocycles. The first-order valence-corrected chi connectivity index (χ1v) is 9.58. The number of benzene rings is 2. The number of hydrogen-bond acceptors (Lipinski definition) is 8. The van der Waals surface area contributed by atoms with Crippen molar-refractivity contribution in [2.45, 2.75) is 0 Å². The van der Waals surface area contributed by atoms with Gasteiger partial charge in [-0.1, -0.05) is 36.9 Å². The van der Waals surface area contributed by atoms with E-state index in [0.29, 0.717) is 30.3 Å². The predicted molar refractivity (Wildman–Crippen MR) is 121 cm³/mol. The minimum atomic E-state index is -0.553. The quantitative estimate of drug-likeness (QED) is 0.219. The Hall–Kier alpha value is -4.58. The van der Waals surface area contributed by atoms with Crippen LogP contribution in [0.4, 0.5) is 5.95 Å². The predicted octanol–water partition coefficient (Wildman–Crippen LogP) is 3.30. The Morgan fingerprint density at radius 3 is 2.75 bits per heavy atom. The number of anilines is 1. The molecule has 0 radical (unpaired) electrons. The average Bonchev–Trinajstić information content (AvgIpc) is 2.82. The van der Waals surface area contributed by atoms with Crippen molar-refractivity contribution in [3.8, 4) is 28.8 Å². The Kier molecular flexibility index (Phi) is 7.59. The molecular formula is C23H21N5O4. The van der Waals surface area contributed by atoms with Gasteiger partial charge >= 0.3 is 0 Å². The summed E-state index contributed by atoms with van der Waals surface area (Å²) in [5.41, 5.74) is 3.73. The molecule has 0 aliphatic heterocycles. The molecule has 2 aromatic carbocycles. The number of hydrazone groups is 1. The Morgan fingerprint density at radius 1 is 1.22 bits per heavy atom. The molecule has 0 fully saturated rings. The summed E-state index contributed by atoms with van der Waals surface area (Å²) in [6.07, 6.45) is 2.89. The molecule has 1 heterocycles. The van der Waals surface area contributed by atoms with Crippen LogP contribution >= 0.6 is 0 Å². The van der Waals surface area contributed by atoms with Gasteiger partial charge in [0, 0.05) is 5.56 Å². The molecule has 9 heteroatoms. The first-order chi connectivity index (χ1) is 15.7. The van der Waals surface area contributed by atoms with Crippen molar-refractivity contribution in [3.05, 3.63) is 82.9 Å². The molecule has 0 saturated heterocycles. The second-order valence-electron chi connectivity index (χ2n) is 6.28. The highest BCUT2D eigenvalue weighted by atomic mass is 16.5. The highest BCUT2D eigenvalue weighted by molar-refractivity contribution is 5.81. The lowest BCUT2D eigenvalue weighted by atomic mass is 10.1. The summed E-state index contributed by atoms with van der Waals surface area (Å²) in [6.45, 7) is 4.19. The van der Waals surface area contributed by atoms with Crippen LogP contribution in [0.3, 0.4) is 0 Å². The average molecular weight is 431 g/mol. The van der Waals surface area contributed by atoms with E-state index in [9.17, 15) is 10.1 Å². The summed E-state index contributed by atoms with van der Waals surface area (Å²) in [5.74, 6) is 1.21. The number of rotatable bonds is 10. The maximum Gasteiger partial charge on any atom is 0.270 e. The number of aromatic amines is 1. The number of nitrogens with zero attached hydrogens (tertiary/aromatic N) is 3. The summed E-state index contributed by atoms with van der Waals surface area (Å²) in [6, 6.07) is 16.2. The molecule has 9 nitrogen and oxygen atoms in total. The molecule has 1 aromatic heterocycles. The van der Waals surface area contributed by atoms with Crippen LogP contribution in [0.15, 0.2) is 71.3 Å². The fourth-order valence-corrected chi connectivity index (χ4v) is 2.77. The summed E-state index contributed by atoms with van der Waals surface area (Å²) in [7, 11) is 1.54. The van der Waals surface area contributed by atoms with Gasteiger partial charge < -0.3 is 14.2 Å². The molecular weight excluding hydrogens is 410 g/mol. The topological polar surface area (TPSA) is 122 Å². The Balaban J connectivity index is 1.76. The minimum Gasteiger partial charge on any atom is -0.498 e. The number of H-pyrrole nitrogens is 1. The lowest BCUT2D eigenvalue weighted by Gasteiger charge is -2.11. The van der Waals surface area contributed by atoms with Crippen LogP contribution in [-0.4, -0.2) is 36.5 Å². The van der Waals surface area contributed by atoms with Gasteiger partial charge in [0.15, 0.2) is 11.5 Å². The molecule has 0 aliphatic rings. The normalized spacial score (nSPS) is 10.4. The van der Waals surface area contributed by atoms with Gasteiger partial charge in [0.1, 0.15) is 24.8 Å². The van der Waals surface area contributed by atoms with Gasteiger partial charge in [-0.3, -0.25) is 9.78 Å². The Labute approximate surface area is 184 Å². The van der Waals surface area contributed by atoms with E-state index >= 15 is 0 Å². The van der Waals surface area contributed by atoms with Gasteiger partial charge in [-0.2, -0.15) is 10.4 Å². The molecule has 0 aliphatic carbocycles. The van der Waals surface area contributed by atoms with Gasteiger partial charge in [-0.25, -0.2) is 10.4 Å². The first kappa shape index (κ1) is 22.1. The van der Waals surface area contributed by atoms with Crippen molar-refractivity contribution in [1.82, 2.24) is 9.97 Å². The van der Waals surface area contributed by atoms with Crippen LogP contribution in [-0.2, 0) is 4.74 Å². The SMILES string of the molecule is C=COCCOc1ccc(C=NNc2nc(-c3ccccc3)c(C#N)c(=O)[nH]2)cc1OC. The van der Waals surface area contributed by atoms with E-state index in [1.165, 1.54) is 19.6 Å². The standard InChI is InChI=1S/C23H21N5O4/c1-3-31-11-12-32-19-10-9-16(13-20(19)30-2)15-25-28-23-26-21(17-7-5-4-6-8-17)18(14-24)22(29)27-23/h3-10,13,15H,1,11-12H2,2H3,(H2,26,27,28,29). The van der Waals surface area contributed by atoms with E-state index < -0.39 is 5.56 Å². The molecule has 3 aromatic rings. The third-order valence-electron chi connectivity index (χ3n) is 4.23. The molecule has 32 heavy (non-hydrogen) atoms. The molecule has 162 valence electrons. The van der Waals surface area contributed by atoms with Crippen LogP contribution in [0, 0.1) is 11.3 Å². The van der Waals surface area contributed by atoms with Gasteiger partial charge in [0.25, 0.3) is 5.56 Å².